The van der Waals surface area contributed by atoms with Crippen molar-refractivity contribution in [2.24, 2.45) is 0 Å². The van der Waals surface area contributed by atoms with E-state index in [9.17, 15) is 19.8 Å². The van der Waals surface area contributed by atoms with Crippen molar-refractivity contribution in [2.45, 2.75) is 18.6 Å². The molecule has 7 nitrogen and oxygen atoms in total. The van der Waals surface area contributed by atoms with Crippen LogP contribution in [0.15, 0.2) is 23.0 Å². The van der Waals surface area contributed by atoms with Crippen LogP contribution in [0.4, 0.5) is 0 Å². The number of furan rings is 1. The molecular formula is C12H16N2O5. The first-order valence-electron chi connectivity index (χ1n) is 6.02. The van der Waals surface area contributed by atoms with E-state index in [4.69, 9.17) is 4.42 Å². The number of nitrogens with zero attached hydrogens (tertiary/aromatic N) is 1. The quantitative estimate of drug-likeness (QED) is 0.647. The molecule has 2 amide bonds. The highest BCUT2D eigenvalue weighted by atomic mass is 16.3. The van der Waals surface area contributed by atoms with Crippen molar-refractivity contribution in [3.05, 3.63) is 24.2 Å². The zero-order chi connectivity index (χ0) is 13.8. The fourth-order valence-electron chi connectivity index (χ4n) is 1.91. The lowest BCUT2D eigenvalue weighted by Crippen LogP contribution is -2.33. The molecule has 0 spiro atoms. The lowest BCUT2D eigenvalue weighted by molar-refractivity contribution is -0.130. The Morgan fingerprint density at radius 2 is 2.05 bits per heavy atom. The fourth-order valence-corrected chi connectivity index (χ4v) is 1.91. The number of likely N-dealkylation sites (tertiary alicyclic amines) is 1. The Kier molecular flexibility index (Phi) is 4.18. The van der Waals surface area contributed by atoms with E-state index in [0.29, 0.717) is 5.56 Å². The Labute approximate surface area is 109 Å². The molecule has 1 aliphatic heterocycles. The standard InChI is InChI=1S/C12H16N2O5/c15-9-5-14(6-10(9)16)11(17)1-3-13-12(18)8-2-4-19-7-8/h2,4,7,9-10,15-16H,1,3,5-6H2,(H,13,18)/t9-,10+. The molecule has 1 aromatic rings. The third kappa shape index (κ3) is 3.33. The molecule has 0 aliphatic carbocycles. The average Bonchev–Trinajstić information content (AvgIpc) is 3.00. The Balaban J connectivity index is 1.71. The maximum atomic E-state index is 11.7. The van der Waals surface area contributed by atoms with E-state index in [1.807, 2.05) is 0 Å². The molecule has 0 bridgehead atoms. The highest BCUT2D eigenvalue weighted by Crippen LogP contribution is 2.10. The van der Waals surface area contributed by atoms with Gasteiger partial charge in [-0.15, -0.1) is 0 Å². The molecule has 7 heteroatoms. The molecule has 1 aromatic heterocycles. The summed E-state index contributed by atoms with van der Waals surface area (Å²) >= 11 is 0. The molecule has 1 aliphatic rings. The number of rotatable bonds is 4. The normalized spacial score (nSPS) is 22.5. The topological polar surface area (TPSA) is 103 Å². The van der Waals surface area contributed by atoms with Gasteiger partial charge in [0.2, 0.25) is 5.91 Å². The maximum absolute atomic E-state index is 11.7. The monoisotopic (exact) mass is 268 g/mol. The summed E-state index contributed by atoms with van der Waals surface area (Å²) in [5.41, 5.74) is 0.402. The molecule has 2 rings (SSSR count). The third-order valence-electron chi connectivity index (χ3n) is 3.02. The highest BCUT2D eigenvalue weighted by Gasteiger charge is 2.32. The second-order valence-electron chi connectivity index (χ2n) is 4.45. The van der Waals surface area contributed by atoms with E-state index in [1.165, 1.54) is 23.5 Å². The van der Waals surface area contributed by atoms with Gasteiger partial charge in [0.15, 0.2) is 0 Å². The number of aliphatic hydroxyl groups is 2. The second kappa shape index (κ2) is 5.85. The Morgan fingerprint density at radius 3 is 2.63 bits per heavy atom. The van der Waals surface area contributed by atoms with Gasteiger partial charge >= 0.3 is 0 Å². The molecule has 2 atom stereocenters. The molecular weight excluding hydrogens is 252 g/mol. The average molecular weight is 268 g/mol. The lowest BCUT2D eigenvalue weighted by Gasteiger charge is -2.15. The van der Waals surface area contributed by atoms with Crippen LogP contribution in [0.2, 0.25) is 0 Å². The van der Waals surface area contributed by atoms with Crippen molar-refractivity contribution in [1.29, 1.82) is 0 Å². The molecule has 1 saturated heterocycles. The van der Waals surface area contributed by atoms with Gasteiger partial charge in [0, 0.05) is 26.1 Å². The minimum atomic E-state index is -0.885. The molecule has 2 heterocycles. The number of amides is 2. The van der Waals surface area contributed by atoms with Crippen LogP contribution < -0.4 is 5.32 Å². The smallest absolute Gasteiger partial charge is 0.254 e. The maximum Gasteiger partial charge on any atom is 0.254 e. The van der Waals surface area contributed by atoms with E-state index in [0.717, 1.165) is 0 Å². The van der Waals surface area contributed by atoms with Gasteiger partial charge in [0.25, 0.3) is 5.91 Å². The predicted octanol–water partition coefficient (Wildman–Crippen LogP) is -1.04. The van der Waals surface area contributed by atoms with Crippen molar-refractivity contribution in [1.82, 2.24) is 10.2 Å². The Hall–Kier alpha value is -1.86. The number of nitrogens with one attached hydrogen (secondary N) is 1. The molecule has 0 unspecified atom stereocenters. The number of carbonyl (C=O) groups is 2. The summed E-state index contributed by atoms with van der Waals surface area (Å²) in [6.45, 7) is 0.469. The van der Waals surface area contributed by atoms with Gasteiger partial charge in [-0.2, -0.15) is 0 Å². The first-order valence-corrected chi connectivity index (χ1v) is 6.02. The number of aliphatic hydroxyl groups excluding tert-OH is 2. The van der Waals surface area contributed by atoms with Gasteiger partial charge in [0.05, 0.1) is 24.0 Å². The Bertz CT molecular complexity index is 435. The Morgan fingerprint density at radius 1 is 1.37 bits per heavy atom. The van der Waals surface area contributed by atoms with Crippen LogP contribution in [-0.4, -0.2) is 58.8 Å². The number of hydrogen-bond acceptors (Lipinski definition) is 5. The van der Waals surface area contributed by atoms with Gasteiger partial charge in [-0.1, -0.05) is 0 Å². The summed E-state index contributed by atoms with van der Waals surface area (Å²) in [4.78, 5) is 24.7. The van der Waals surface area contributed by atoms with Crippen LogP contribution in [-0.2, 0) is 4.79 Å². The summed E-state index contributed by atoms with van der Waals surface area (Å²) in [7, 11) is 0. The molecule has 0 saturated carbocycles. The number of hydrogen-bond donors (Lipinski definition) is 3. The summed E-state index contributed by atoms with van der Waals surface area (Å²) < 4.78 is 4.78. The summed E-state index contributed by atoms with van der Waals surface area (Å²) in [6, 6.07) is 1.53. The van der Waals surface area contributed by atoms with Crippen LogP contribution >= 0.6 is 0 Å². The third-order valence-corrected chi connectivity index (χ3v) is 3.02. The summed E-state index contributed by atoms with van der Waals surface area (Å²) in [6.07, 6.45) is 1.08. The highest BCUT2D eigenvalue weighted by molar-refractivity contribution is 5.94. The van der Waals surface area contributed by atoms with Crippen LogP contribution in [0, 0.1) is 0 Å². The van der Waals surface area contributed by atoms with Gasteiger partial charge in [0.1, 0.15) is 6.26 Å². The number of carbonyl (C=O) groups excluding carboxylic acids is 2. The molecule has 1 fully saturated rings. The van der Waals surface area contributed by atoms with Crippen LogP contribution in [0.5, 0.6) is 0 Å². The molecule has 104 valence electrons. The van der Waals surface area contributed by atoms with Crippen molar-refractivity contribution >= 4 is 11.8 Å². The molecule has 3 N–H and O–H groups in total. The van der Waals surface area contributed by atoms with Crippen LogP contribution in [0.25, 0.3) is 0 Å². The van der Waals surface area contributed by atoms with E-state index in [-0.39, 0.29) is 37.9 Å². The van der Waals surface area contributed by atoms with Crippen molar-refractivity contribution < 1.29 is 24.2 Å². The SMILES string of the molecule is O=C(NCCC(=O)N1C[C@@H](O)[C@@H](O)C1)c1ccoc1. The van der Waals surface area contributed by atoms with Crippen molar-refractivity contribution in [3.63, 3.8) is 0 Å². The second-order valence-corrected chi connectivity index (χ2v) is 4.45. The zero-order valence-electron chi connectivity index (χ0n) is 10.3. The molecule has 0 radical (unpaired) electrons. The fraction of sp³-hybridized carbons (Fsp3) is 0.500. The summed E-state index contributed by atoms with van der Waals surface area (Å²) in [5.74, 6) is -0.508. The molecule has 0 aromatic carbocycles. The minimum absolute atomic E-state index is 0.128. The largest absolute Gasteiger partial charge is 0.472 e. The first kappa shape index (κ1) is 13.6. The van der Waals surface area contributed by atoms with Crippen LogP contribution in [0.1, 0.15) is 16.8 Å². The van der Waals surface area contributed by atoms with E-state index in [2.05, 4.69) is 5.32 Å². The minimum Gasteiger partial charge on any atom is -0.472 e. The van der Waals surface area contributed by atoms with Gasteiger partial charge in [-0.05, 0) is 6.07 Å². The van der Waals surface area contributed by atoms with Crippen molar-refractivity contribution in [3.8, 4) is 0 Å². The predicted molar refractivity (Wildman–Crippen MR) is 64.3 cm³/mol. The van der Waals surface area contributed by atoms with Gasteiger partial charge < -0.3 is 24.8 Å². The van der Waals surface area contributed by atoms with E-state index >= 15 is 0 Å². The van der Waals surface area contributed by atoms with E-state index in [1.54, 1.807) is 0 Å². The number of β-amino-alcohol motifs (C(OH)–C–C–N with tert-alkyl or cyclic N) is 2. The lowest BCUT2D eigenvalue weighted by atomic mass is 10.3. The van der Waals surface area contributed by atoms with Crippen molar-refractivity contribution in [2.75, 3.05) is 19.6 Å². The molecule has 19 heavy (non-hydrogen) atoms. The zero-order valence-corrected chi connectivity index (χ0v) is 10.3. The van der Waals surface area contributed by atoms with Gasteiger partial charge in [-0.25, -0.2) is 0 Å². The van der Waals surface area contributed by atoms with Gasteiger partial charge in [-0.3, -0.25) is 9.59 Å². The summed E-state index contributed by atoms with van der Waals surface area (Å²) in [5, 5.41) is 21.3. The van der Waals surface area contributed by atoms with E-state index < -0.39 is 12.2 Å². The first-order chi connectivity index (χ1) is 9.08. The van der Waals surface area contributed by atoms with Crippen LogP contribution in [0.3, 0.4) is 0 Å².